The summed E-state index contributed by atoms with van der Waals surface area (Å²) >= 11 is 0. The molecule has 0 aromatic heterocycles. The average molecular weight is 462 g/mol. The summed E-state index contributed by atoms with van der Waals surface area (Å²) in [5, 5.41) is 16.5. The lowest BCUT2D eigenvalue weighted by atomic mass is 10.1. The third-order valence-electron chi connectivity index (χ3n) is 3.82. The van der Waals surface area contributed by atoms with Gasteiger partial charge in [0.2, 0.25) is 0 Å². The van der Waals surface area contributed by atoms with Gasteiger partial charge in [-0.15, -0.1) is 0 Å². The molecule has 0 aliphatic carbocycles. The number of benzene rings is 2. The van der Waals surface area contributed by atoms with Crippen molar-refractivity contribution in [2.24, 2.45) is 0 Å². The van der Waals surface area contributed by atoms with Gasteiger partial charge in [-0.3, -0.25) is 4.72 Å². The van der Waals surface area contributed by atoms with Crippen LogP contribution in [0.4, 0.5) is 24.5 Å². The zero-order chi connectivity index (χ0) is 24.1. The monoisotopic (exact) mass is 462 g/mol. The third kappa shape index (κ3) is 7.17. The van der Waals surface area contributed by atoms with Crippen LogP contribution in [0.15, 0.2) is 41.3 Å². The van der Waals surface area contributed by atoms with Gasteiger partial charge in [0.05, 0.1) is 16.1 Å². The van der Waals surface area contributed by atoms with Crippen molar-refractivity contribution < 1.29 is 41.4 Å². The number of sulfonamides is 1. The van der Waals surface area contributed by atoms with Crippen LogP contribution < -0.4 is 9.62 Å². The Morgan fingerprint density at radius 2 is 1.55 bits per heavy atom. The second kappa shape index (κ2) is 9.69. The number of nitrogens with zero attached hydrogens (tertiary/aromatic N) is 1. The van der Waals surface area contributed by atoms with Gasteiger partial charge < -0.3 is 15.1 Å². The number of aromatic carboxylic acids is 1. The topological polar surface area (TPSA) is 124 Å². The zero-order valence-corrected chi connectivity index (χ0v) is 17.8. The van der Waals surface area contributed by atoms with Gasteiger partial charge in [0, 0.05) is 19.8 Å². The second-order valence-electron chi connectivity index (χ2n) is 6.61. The van der Waals surface area contributed by atoms with Crippen LogP contribution in [0.3, 0.4) is 0 Å². The van der Waals surface area contributed by atoms with Crippen molar-refractivity contribution in [2.45, 2.75) is 24.9 Å². The Hall–Kier alpha value is -3.28. The van der Waals surface area contributed by atoms with Gasteiger partial charge in [-0.2, -0.15) is 13.2 Å². The van der Waals surface area contributed by atoms with Crippen molar-refractivity contribution in [3.05, 3.63) is 53.1 Å². The fraction of sp³-hybridized carbons (Fsp3) is 0.263. The largest absolute Gasteiger partial charge is 0.490 e. The Morgan fingerprint density at radius 3 is 1.97 bits per heavy atom. The summed E-state index contributed by atoms with van der Waals surface area (Å²) in [5.74, 6) is -3.88. The molecule has 0 fully saturated rings. The number of carboxylic acids is 2. The second-order valence-corrected chi connectivity index (χ2v) is 8.26. The minimum atomic E-state index is -5.08. The van der Waals surface area contributed by atoms with Gasteiger partial charge in [-0.25, -0.2) is 18.0 Å². The van der Waals surface area contributed by atoms with E-state index in [-0.39, 0.29) is 16.1 Å². The molecule has 0 amide bonds. The molecule has 0 saturated carbocycles. The summed E-state index contributed by atoms with van der Waals surface area (Å²) < 4.78 is 59.3. The maximum atomic E-state index is 12.6. The van der Waals surface area contributed by atoms with Crippen molar-refractivity contribution >= 4 is 33.3 Å². The van der Waals surface area contributed by atoms with Gasteiger partial charge >= 0.3 is 18.1 Å². The quantitative estimate of drug-likeness (QED) is 0.621. The summed E-state index contributed by atoms with van der Waals surface area (Å²) in [7, 11) is -0.346. The van der Waals surface area contributed by atoms with Gasteiger partial charge in [0.1, 0.15) is 0 Å². The Bertz CT molecular complexity index is 1080. The molecule has 3 N–H and O–H groups in total. The van der Waals surface area contributed by atoms with Crippen molar-refractivity contribution in [3.8, 4) is 0 Å². The summed E-state index contributed by atoms with van der Waals surface area (Å²) in [5.41, 5.74) is 2.33. The highest BCUT2D eigenvalue weighted by Crippen LogP contribution is 2.26. The first kappa shape index (κ1) is 25.8. The number of alkyl halides is 3. The van der Waals surface area contributed by atoms with Gasteiger partial charge in [-0.05, 0) is 43.7 Å². The first-order valence-corrected chi connectivity index (χ1v) is 9.99. The number of hydrogen-bond donors (Lipinski definition) is 3. The lowest BCUT2D eigenvalue weighted by molar-refractivity contribution is -0.192. The molecule has 0 saturated heterocycles. The molecule has 0 aliphatic heterocycles. The van der Waals surface area contributed by atoms with E-state index in [1.165, 1.54) is 6.07 Å². The average Bonchev–Trinajstić information content (AvgIpc) is 2.60. The molecule has 0 aliphatic rings. The van der Waals surface area contributed by atoms with Crippen LogP contribution in [-0.4, -0.2) is 50.8 Å². The molecule has 0 spiro atoms. The van der Waals surface area contributed by atoms with E-state index in [0.29, 0.717) is 11.3 Å². The number of aliphatic carboxylic acids is 1. The minimum absolute atomic E-state index is 0.0285. The fourth-order valence-electron chi connectivity index (χ4n) is 2.47. The number of halogens is 3. The van der Waals surface area contributed by atoms with Crippen LogP contribution in [0.1, 0.15) is 21.5 Å². The maximum absolute atomic E-state index is 12.6. The first-order chi connectivity index (χ1) is 14.1. The molecule has 0 radical (unpaired) electrons. The number of hydrogen-bond acceptors (Lipinski definition) is 5. The lowest BCUT2D eigenvalue weighted by Gasteiger charge is -2.17. The van der Waals surface area contributed by atoms with E-state index in [1.807, 2.05) is 6.92 Å². The zero-order valence-electron chi connectivity index (χ0n) is 17.0. The van der Waals surface area contributed by atoms with E-state index in [0.717, 1.165) is 5.56 Å². The molecule has 12 heteroatoms. The van der Waals surface area contributed by atoms with Gasteiger partial charge in [-0.1, -0.05) is 17.7 Å². The summed E-state index contributed by atoms with van der Waals surface area (Å²) in [6, 6.07) is 9.48. The molecule has 170 valence electrons. The number of anilines is 2. The Kier molecular flexibility index (Phi) is 8.05. The maximum Gasteiger partial charge on any atom is 0.490 e. The highest BCUT2D eigenvalue weighted by molar-refractivity contribution is 7.92. The summed E-state index contributed by atoms with van der Waals surface area (Å²) in [6.45, 7) is 3.61. The van der Waals surface area contributed by atoms with E-state index in [1.54, 1.807) is 56.3 Å². The van der Waals surface area contributed by atoms with Crippen LogP contribution >= 0.6 is 0 Å². The highest BCUT2D eigenvalue weighted by atomic mass is 32.2. The molecule has 2 rings (SSSR count). The Balaban J connectivity index is 0.000000592. The van der Waals surface area contributed by atoms with Crippen molar-refractivity contribution in [1.29, 1.82) is 0 Å². The predicted octanol–water partition coefficient (Wildman–Crippen LogP) is 3.50. The van der Waals surface area contributed by atoms with Crippen molar-refractivity contribution in [3.63, 3.8) is 0 Å². The van der Waals surface area contributed by atoms with Crippen LogP contribution in [-0.2, 0) is 14.8 Å². The van der Waals surface area contributed by atoms with Crippen LogP contribution in [0.2, 0.25) is 0 Å². The minimum Gasteiger partial charge on any atom is -0.478 e. The standard InChI is InChI=1S/C17H20N2O4S.C2HF3O2/c1-11-5-8-16(12(2)9-11)24(22,23)18-13-6-7-15(19(3)4)14(10-13)17(20)21;3-2(4,5)1(6)7/h5-10,18H,1-4H3,(H,20,21);(H,6,7). The number of rotatable bonds is 5. The molecule has 0 atom stereocenters. The number of nitrogens with one attached hydrogen (secondary N) is 1. The number of carbonyl (C=O) groups is 2. The highest BCUT2D eigenvalue weighted by Gasteiger charge is 2.38. The van der Waals surface area contributed by atoms with E-state index >= 15 is 0 Å². The van der Waals surface area contributed by atoms with E-state index in [9.17, 15) is 31.5 Å². The molecular formula is C19H21F3N2O6S. The molecule has 0 heterocycles. The van der Waals surface area contributed by atoms with Gasteiger partial charge in [0.25, 0.3) is 10.0 Å². The van der Waals surface area contributed by atoms with Crippen molar-refractivity contribution in [2.75, 3.05) is 23.7 Å². The Labute approximate surface area is 177 Å². The summed E-state index contributed by atoms with van der Waals surface area (Å²) in [4.78, 5) is 22.1. The first-order valence-electron chi connectivity index (χ1n) is 8.51. The van der Waals surface area contributed by atoms with E-state index in [2.05, 4.69) is 4.72 Å². The fourth-order valence-corrected chi connectivity index (χ4v) is 3.75. The van der Waals surface area contributed by atoms with Gasteiger partial charge in [0.15, 0.2) is 0 Å². The van der Waals surface area contributed by atoms with Crippen LogP contribution in [0.25, 0.3) is 0 Å². The smallest absolute Gasteiger partial charge is 0.478 e. The van der Waals surface area contributed by atoms with E-state index in [4.69, 9.17) is 9.90 Å². The normalized spacial score (nSPS) is 11.2. The Morgan fingerprint density at radius 1 is 1.00 bits per heavy atom. The lowest BCUT2D eigenvalue weighted by Crippen LogP contribution is -2.21. The van der Waals surface area contributed by atoms with Crippen molar-refractivity contribution in [1.82, 2.24) is 0 Å². The molecule has 2 aromatic carbocycles. The molecule has 0 bridgehead atoms. The van der Waals surface area contributed by atoms with Crippen LogP contribution in [0, 0.1) is 13.8 Å². The number of carboxylic acid groups (broad SMARTS) is 2. The predicted molar refractivity (Wildman–Crippen MR) is 108 cm³/mol. The van der Waals surface area contributed by atoms with E-state index < -0.39 is 28.1 Å². The third-order valence-corrected chi connectivity index (χ3v) is 5.36. The SMILES string of the molecule is Cc1ccc(S(=O)(=O)Nc2ccc(N(C)C)c(C(=O)O)c2)c(C)c1.O=C(O)C(F)(F)F. The molecule has 8 nitrogen and oxygen atoms in total. The van der Waals surface area contributed by atoms with Crippen LogP contribution in [0.5, 0.6) is 0 Å². The number of aryl methyl sites for hydroxylation is 2. The molecule has 2 aromatic rings. The molecular weight excluding hydrogens is 441 g/mol. The summed E-state index contributed by atoms with van der Waals surface area (Å²) in [6.07, 6.45) is -5.08. The molecule has 31 heavy (non-hydrogen) atoms. The molecule has 0 unspecified atom stereocenters.